The lowest BCUT2D eigenvalue weighted by Crippen LogP contribution is -2.51. The number of likely N-dealkylation sites (N-methyl/N-ethyl adjacent to an activating group) is 1. The first kappa shape index (κ1) is 14.7. The molecule has 2 N–H and O–H groups in total. The molecule has 1 aromatic rings. The van der Waals surface area contributed by atoms with Crippen LogP contribution in [0.4, 0.5) is 0 Å². The molecule has 0 aliphatic carbocycles. The molecule has 0 heterocycles. The molecule has 0 bridgehead atoms. The standard InChI is InChI=1S/C15H24N2O/c1-5-9-15(3,16)14(18)17(4)11-13-8-6-7-12(2)10-13/h6-8,10H,5,9,11,16H2,1-4H3. The first-order valence-corrected chi connectivity index (χ1v) is 6.47. The molecule has 0 fully saturated rings. The van der Waals surface area contributed by atoms with Gasteiger partial charge >= 0.3 is 0 Å². The highest BCUT2D eigenvalue weighted by molar-refractivity contribution is 5.85. The summed E-state index contributed by atoms with van der Waals surface area (Å²) in [5, 5.41) is 0. The van der Waals surface area contributed by atoms with Crippen LogP contribution in [0, 0.1) is 6.92 Å². The molecular formula is C15H24N2O. The second-order valence-electron chi connectivity index (χ2n) is 5.32. The largest absolute Gasteiger partial charge is 0.340 e. The number of hydrogen-bond acceptors (Lipinski definition) is 2. The first-order valence-electron chi connectivity index (χ1n) is 6.47. The lowest BCUT2D eigenvalue weighted by atomic mass is 9.95. The van der Waals surface area contributed by atoms with Crippen LogP contribution in [0.1, 0.15) is 37.8 Å². The number of carbonyl (C=O) groups is 1. The fraction of sp³-hybridized carbons (Fsp3) is 0.533. The van der Waals surface area contributed by atoms with Crippen LogP contribution in [0.2, 0.25) is 0 Å². The predicted octanol–water partition coefficient (Wildman–Crippen LogP) is 2.47. The zero-order chi connectivity index (χ0) is 13.8. The van der Waals surface area contributed by atoms with Gasteiger partial charge in [0.15, 0.2) is 0 Å². The molecule has 1 atom stereocenters. The van der Waals surface area contributed by atoms with Gasteiger partial charge in [-0.15, -0.1) is 0 Å². The average Bonchev–Trinajstić information content (AvgIpc) is 2.27. The van der Waals surface area contributed by atoms with Crippen molar-refractivity contribution in [3.8, 4) is 0 Å². The highest BCUT2D eigenvalue weighted by Crippen LogP contribution is 2.14. The maximum Gasteiger partial charge on any atom is 0.242 e. The second kappa shape index (κ2) is 6.01. The lowest BCUT2D eigenvalue weighted by molar-refractivity contribution is -0.135. The van der Waals surface area contributed by atoms with E-state index in [2.05, 4.69) is 19.1 Å². The van der Waals surface area contributed by atoms with Crippen molar-refractivity contribution in [2.45, 2.75) is 45.7 Å². The summed E-state index contributed by atoms with van der Waals surface area (Å²) in [7, 11) is 1.81. The number of carbonyl (C=O) groups excluding carboxylic acids is 1. The zero-order valence-electron chi connectivity index (χ0n) is 11.9. The molecule has 0 saturated heterocycles. The molecule has 0 spiro atoms. The number of benzene rings is 1. The number of nitrogens with zero attached hydrogens (tertiary/aromatic N) is 1. The summed E-state index contributed by atoms with van der Waals surface area (Å²) >= 11 is 0. The Bertz CT molecular complexity index is 413. The smallest absolute Gasteiger partial charge is 0.242 e. The Morgan fingerprint density at radius 1 is 1.44 bits per heavy atom. The van der Waals surface area contributed by atoms with E-state index in [1.54, 1.807) is 4.90 Å². The molecule has 0 saturated carbocycles. The van der Waals surface area contributed by atoms with Crippen molar-refractivity contribution in [3.63, 3.8) is 0 Å². The summed E-state index contributed by atoms with van der Waals surface area (Å²) in [6.07, 6.45) is 1.63. The summed E-state index contributed by atoms with van der Waals surface area (Å²) in [4.78, 5) is 14.0. The van der Waals surface area contributed by atoms with E-state index < -0.39 is 5.54 Å². The van der Waals surface area contributed by atoms with Gasteiger partial charge in [-0.3, -0.25) is 4.79 Å². The highest BCUT2D eigenvalue weighted by Gasteiger charge is 2.29. The fourth-order valence-corrected chi connectivity index (χ4v) is 2.22. The fourth-order valence-electron chi connectivity index (χ4n) is 2.22. The minimum Gasteiger partial charge on any atom is -0.340 e. The van der Waals surface area contributed by atoms with Gasteiger partial charge in [-0.05, 0) is 25.8 Å². The number of nitrogens with two attached hydrogens (primary N) is 1. The number of rotatable bonds is 5. The number of aryl methyl sites for hydroxylation is 1. The van der Waals surface area contributed by atoms with Crippen LogP contribution in [0.3, 0.4) is 0 Å². The Labute approximate surface area is 110 Å². The summed E-state index contributed by atoms with van der Waals surface area (Å²) in [6.45, 7) is 6.51. The third-order valence-electron chi connectivity index (χ3n) is 3.11. The van der Waals surface area contributed by atoms with Crippen LogP contribution < -0.4 is 5.73 Å². The molecule has 1 amide bonds. The molecule has 0 aliphatic heterocycles. The Kier molecular flexibility index (Phi) is 4.91. The van der Waals surface area contributed by atoms with Gasteiger partial charge in [0.2, 0.25) is 5.91 Å². The first-order chi connectivity index (χ1) is 8.36. The van der Waals surface area contributed by atoms with Crippen molar-refractivity contribution >= 4 is 5.91 Å². The molecule has 0 aromatic heterocycles. The van der Waals surface area contributed by atoms with Crippen molar-refractivity contribution in [3.05, 3.63) is 35.4 Å². The average molecular weight is 248 g/mol. The summed E-state index contributed by atoms with van der Waals surface area (Å²) in [5.41, 5.74) is 7.65. The Hall–Kier alpha value is -1.35. The quantitative estimate of drug-likeness (QED) is 0.870. The van der Waals surface area contributed by atoms with Gasteiger partial charge in [0.1, 0.15) is 0 Å². The van der Waals surface area contributed by atoms with Gasteiger partial charge in [0, 0.05) is 13.6 Å². The lowest BCUT2D eigenvalue weighted by Gasteiger charge is -2.29. The van der Waals surface area contributed by atoms with Crippen LogP contribution in [0.25, 0.3) is 0 Å². The van der Waals surface area contributed by atoms with Gasteiger partial charge in [-0.25, -0.2) is 0 Å². The van der Waals surface area contributed by atoms with Crippen LogP contribution in [-0.4, -0.2) is 23.4 Å². The van der Waals surface area contributed by atoms with Crippen molar-refractivity contribution in [2.24, 2.45) is 5.73 Å². The molecule has 18 heavy (non-hydrogen) atoms. The Morgan fingerprint density at radius 2 is 2.11 bits per heavy atom. The molecule has 0 aliphatic rings. The van der Waals surface area contributed by atoms with Crippen LogP contribution in [0.15, 0.2) is 24.3 Å². The van der Waals surface area contributed by atoms with E-state index in [9.17, 15) is 4.79 Å². The van der Waals surface area contributed by atoms with Crippen LogP contribution >= 0.6 is 0 Å². The highest BCUT2D eigenvalue weighted by atomic mass is 16.2. The molecule has 3 nitrogen and oxygen atoms in total. The molecule has 1 unspecified atom stereocenters. The molecule has 100 valence electrons. The van der Waals surface area contributed by atoms with Crippen molar-refractivity contribution in [1.82, 2.24) is 4.90 Å². The van der Waals surface area contributed by atoms with Gasteiger partial charge < -0.3 is 10.6 Å². The topological polar surface area (TPSA) is 46.3 Å². The van der Waals surface area contributed by atoms with E-state index in [0.29, 0.717) is 13.0 Å². The predicted molar refractivity (Wildman–Crippen MR) is 75.2 cm³/mol. The second-order valence-corrected chi connectivity index (χ2v) is 5.32. The Morgan fingerprint density at radius 3 is 2.67 bits per heavy atom. The normalized spacial score (nSPS) is 14.1. The Balaban J connectivity index is 2.71. The van der Waals surface area contributed by atoms with Gasteiger partial charge in [0.05, 0.1) is 5.54 Å². The van der Waals surface area contributed by atoms with Crippen LogP contribution in [-0.2, 0) is 11.3 Å². The van der Waals surface area contributed by atoms with Crippen LogP contribution in [0.5, 0.6) is 0 Å². The molecular weight excluding hydrogens is 224 g/mol. The van der Waals surface area contributed by atoms with Gasteiger partial charge in [-0.2, -0.15) is 0 Å². The van der Waals surface area contributed by atoms with E-state index in [1.165, 1.54) is 5.56 Å². The van der Waals surface area contributed by atoms with E-state index in [0.717, 1.165) is 12.0 Å². The third kappa shape index (κ3) is 3.84. The van der Waals surface area contributed by atoms with E-state index in [4.69, 9.17) is 5.73 Å². The van der Waals surface area contributed by atoms with E-state index >= 15 is 0 Å². The molecule has 0 radical (unpaired) electrons. The molecule has 1 aromatic carbocycles. The minimum atomic E-state index is -0.757. The molecule has 1 rings (SSSR count). The van der Waals surface area contributed by atoms with Crippen molar-refractivity contribution in [2.75, 3.05) is 7.05 Å². The van der Waals surface area contributed by atoms with Gasteiger partial charge in [0.25, 0.3) is 0 Å². The van der Waals surface area contributed by atoms with E-state index in [-0.39, 0.29) is 5.91 Å². The number of amides is 1. The monoisotopic (exact) mass is 248 g/mol. The molecule has 3 heteroatoms. The SMILES string of the molecule is CCCC(C)(N)C(=O)N(C)Cc1cccc(C)c1. The van der Waals surface area contributed by atoms with E-state index in [1.807, 2.05) is 33.0 Å². The van der Waals surface area contributed by atoms with Crippen molar-refractivity contribution in [1.29, 1.82) is 0 Å². The maximum absolute atomic E-state index is 12.2. The summed E-state index contributed by atoms with van der Waals surface area (Å²) in [5.74, 6) is 0.00542. The maximum atomic E-state index is 12.2. The van der Waals surface area contributed by atoms with Crippen molar-refractivity contribution < 1.29 is 4.79 Å². The summed E-state index contributed by atoms with van der Waals surface area (Å²) in [6, 6.07) is 8.19. The minimum absolute atomic E-state index is 0.00542. The summed E-state index contributed by atoms with van der Waals surface area (Å²) < 4.78 is 0. The van der Waals surface area contributed by atoms with Gasteiger partial charge in [-0.1, -0.05) is 43.2 Å². The third-order valence-corrected chi connectivity index (χ3v) is 3.11. The number of hydrogen-bond donors (Lipinski definition) is 1. The zero-order valence-corrected chi connectivity index (χ0v) is 11.9.